The number of nitrogens with zero attached hydrogens (tertiary/aromatic N) is 1. The topological polar surface area (TPSA) is 3.24 Å². The van der Waals surface area contributed by atoms with Crippen molar-refractivity contribution < 1.29 is 0 Å². The van der Waals surface area contributed by atoms with Crippen molar-refractivity contribution in [1.82, 2.24) is 4.90 Å². The Morgan fingerprint density at radius 2 is 1.62 bits per heavy atom. The lowest BCUT2D eigenvalue weighted by Crippen LogP contribution is -2.36. The fourth-order valence-electron chi connectivity index (χ4n) is 1.40. The molecule has 80 valence electrons. The van der Waals surface area contributed by atoms with Crippen LogP contribution in [0, 0.1) is 11.3 Å². The summed E-state index contributed by atoms with van der Waals surface area (Å²) >= 11 is 4.43. The maximum absolute atomic E-state index is 4.43. The molecule has 0 heterocycles. The zero-order chi connectivity index (χ0) is 10.5. The van der Waals surface area contributed by atoms with Gasteiger partial charge in [0.1, 0.15) is 0 Å². The molecule has 1 nitrogen and oxygen atoms in total. The number of hydrogen-bond acceptors (Lipinski definition) is 2. The third-order valence-electron chi connectivity index (χ3n) is 2.82. The normalized spacial score (nSPS) is 15.0. The Morgan fingerprint density at radius 1 is 1.15 bits per heavy atom. The second-order valence-corrected chi connectivity index (χ2v) is 5.10. The largest absolute Gasteiger partial charge is 0.304 e. The third-order valence-corrected chi connectivity index (χ3v) is 3.26. The van der Waals surface area contributed by atoms with Crippen molar-refractivity contribution in [3.8, 4) is 0 Å². The van der Waals surface area contributed by atoms with E-state index >= 15 is 0 Å². The molecule has 0 aromatic carbocycles. The molecule has 0 radical (unpaired) electrons. The van der Waals surface area contributed by atoms with Crippen LogP contribution in [0.15, 0.2) is 0 Å². The van der Waals surface area contributed by atoms with Crippen molar-refractivity contribution in [2.45, 2.75) is 34.6 Å². The number of hydrogen-bond donors (Lipinski definition) is 1. The lowest BCUT2D eigenvalue weighted by molar-refractivity contribution is 0.175. The summed E-state index contributed by atoms with van der Waals surface area (Å²) in [6.45, 7) is 14.8. The Bertz CT molecular complexity index is 125. The Morgan fingerprint density at radius 3 is 1.85 bits per heavy atom. The fourth-order valence-corrected chi connectivity index (χ4v) is 2.06. The molecule has 0 aliphatic carbocycles. The van der Waals surface area contributed by atoms with Crippen molar-refractivity contribution in [2.24, 2.45) is 11.3 Å². The quantitative estimate of drug-likeness (QED) is 0.672. The minimum absolute atomic E-state index is 0.379. The monoisotopic (exact) mass is 203 g/mol. The maximum atomic E-state index is 4.43. The molecule has 1 unspecified atom stereocenters. The van der Waals surface area contributed by atoms with Gasteiger partial charge in [-0.1, -0.05) is 34.6 Å². The standard InChI is InChI=1S/C11H25NS/c1-6-12(7-2)8-10(9-13)11(3,4)5/h10,13H,6-9H2,1-5H3. The third kappa shape index (κ3) is 4.92. The van der Waals surface area contributed by atoms with Crippen LogP contribution in [-0.2, 0) is 0 Å². The molecular formula is C11H25NS. The zero-order valence-corrected chi connectivity index (χ0v) is 10.7. The number of rotatable bonds is 5. The van der Waals surface area contributed by atoms with Crippen LogP contribution < -0.4 is 0 Å². The van der Waals surface area contributed by atoms with E-state index in [4.69, 9.17) is 0 Å². The summed E-state index contributed by atoms with van der Waals surface area (Å²) in [5.74, 6) is 1.68. The van der Waals surface area contributed by atoms with E-state index in [0.717, 1.165) is 18.8 Å². The second-order valence-electron chi connectivity index (χ2n) is 4.73. The Hall–Kier alpha value is 0.310. The molecule has 0 aliphatic rings. The summed E-state index contributed by atoms with van der Waals surface area (Å²) in [6, 6.07) is 0. The summed E-state index contributed by atoms with van der Waals surface area (Å²) in [6.07, 6.45) is 0. The van der Waals surface area contributed by atoms with Crippen molar-refractivity contribution >= 4 is 12.6 Å². The van der Waals surface area contributed by atoms with Gasteiger partial charge in [-0.25, -0.2) is 0 Å². The SMILES string of the molecule is CCN(CC)CC(CS)C(C)(C)C. The smallest absolute Gasteiger partial charge is 0.00222 e. The van der Waals surface area contributed by atoms with Crippen LogP contribution in [0.2, 0.25) is 0 Å². The Kier molecular flexibility index (Phi) is 6.06. The van der Waals surface area contributed by atoms with Gasteiger partial charge in [-0.2, -0.15) is 12.6 Å². The first-order valence-electron chi connectivity index (χ1n) is 5.28. The molecule has 0 aliphatic heterocycles. The average Bonchev–Trinajstić information content (AvgIpc) is 2.04. The highest BCUT2D eigenvalue weighted by Crippen LogP contribution is 2.27. The van der Waals surface area contributed by atoms with E-state index in [1.807, 2.05) is 0 Å². The van der Waals surface area contributed by atoms with Gasteiger partial charge in [0, 0.05) is 6.54 Å². The van der Waals surface area contributed by atoms with Crippen LogP contribution in [0.5, 0.6) is 0 Å². The second kappa shape index (κ2) is 5.92. The van der Waals surface area contributed by atoms with E-state index in [1.165, 1.54) is 6.54 Å². The molecule has 0 aromatic rings. The van der Waals surface area contributed by atoms with E-state index in [9.17, 15) is 0 Å². The zero-order valence-electron chi connectivity index (χ0n) is 9.80. The Balaban J connectivity index is 4.11. The van der Waals surface area contributed by atoms with Gasteiger partial charge in [-0.05, 0) is 30.2 Å². The summed E-state index contributed by atoms with van der Waals surface area (Å²) in [5.41, 5.74) is 0.379. The van der Waals surface area contributed by atoms with E-state index in [1.54, 1.807) is 0 Å². The van der Waals surface area contributed by atoms with Crippen molar-refractivity contribution in [3.63, 3.8) is 0 Å². The molecule has 0 aromatic heterocycles. The van der Waals surface area contributed by atoms with Crippen LogP contribution in [-0.4, -0.2) is 30.3 Å². The first kappa shape index (κ1) is 13.3. The molecule has 0 amide bonds. The molecule has 2 heteroatoms. The molecule has 0 spiro atoms. The van der Waals surface area contributed by atoms with E-state index in [2.05, 4.69) is 52.1 Å². The van der Waals surface area contributed by atoms with Gasteiger partial charge in [0.15, 0.2) is 0 Å². The molecule has 0 fully saturated rings. The van der Waals surface area contributed by atoms with Gasteiger partial charge in [-0.3, -0.25) is 0 Å². The molecule has 1 atom stereocenters. The molecule has 0 rings (SSSR count). The van der Waals surface area contributed by atoms with E-state index in [0.29, 0.717) is 11.3 Å². The first-order chi connectivity index (χ1) is 5.95. The summed E-state index contributed by atoms with van der Waals surface area (Å²) in [5, 5.41) is 0. The first-order valence-corrected chi connectivity index (χ1v) is 5.92. The molecule has 0 saturated heterocycles. The fraction of sp³-hybridized carbons (Fsp3) is 1.00. The molecule has 13 heavy (non-hydrogen) atoms. The minimum Gasteiger partial charge on any atom is -0.304 e. The van der Waals surface area contributed by atoms with E-state index in [-0.39, 0.29) is 0 Å². The molecule has 0 saturated carbocycles. The van der Waals surface area contributed by atoms with Crippen LogP contribution >= 0.6 is 12.6 Å². The van der Waals surface area contributed by atoms with Gasteiger partial charge >= 0.3 is 0 Å². The van der Waals surface area contributed by atoms with Crippen LogP contribution in [0.4, 0.5) is 0 Å². The number of thiol groups is 1. The van der Waals surface area contributed by atoms with Crippen LogP contribution in [0.3, 0.4) is 0 Å². The van der Waals surface area contributed by atoms with Gasteiger partial charge in [0.25, 0.3) is 0 Å². The van der Waals surface area contributed by atoms with E-state index < -0.39 is 0 Å². The van der Waals surface area contributed by atoms with Crippen LogP contribution in [0.25, 0.3) is 0 Å². The van der Waals surface area contributed by atoms with Crippen molar-refractivity contribution in [1.29, 1.82) is 0 Å². The molecular weight excluding hydrogens is 178 g/mol. The highest BCUT2D eigenvalue weighted by molar-refractivity contribution is 7.80. The summed E-state index contributed by atoms with van der Waals surface area (Å²) < 4.78 is 0. The highest BCUT2D eigenvalue weighted by Gasteiger charge is 2.24. The van der Waals surface area contributed by atoms with Crippen molar-refractivity contribution in [2.75, 3.05) is 25.4 Å². The lowest BCUT2D eigenvalue weighted by Gasteiger charge is -2.33. The van der Waals surface area contributed by atoms with Crippen LogP contribution in [0.1, 0.15) is 34.6 Å². The van der Waals surface area contributed by atoms with Gasteiger partial charge in [-0.15, -0.1) is 0 Å². The minimum atomic E-state index is 0.379. The van der Waals surface area contributed by atoms with Crippen molar-refractivity contribution in [3.05, 3.63) is 0 Å². The van der Waals surface area contributed by atoms with Gasteiger partial charge in [0.05, 0.1) is 0 Å². The maximum Gasteiger partial charge on any atom is 0.00222 e. The lowest BCUT2D eigenvalue weighted by atomic mass is 9.81. The van der Waals surface area contributed by atoms with Gasteiger partial charge < -0.3 is 4.90 Å². The predicted molar refractivity (Wildman–Crippen MR) is 64.6 cm³/mol. The summed E-state index contributed by atoms with van der Waals surface area (Å²) in [7, 11) is 0. The average molecular weight is 203 g/mol. The predicted octanol–water partition coefficient (Wildman–Crippen LogP) is 2.92. The van der Waals surface area contributed by atoms with Gasteiger partial charge in [0.2, 0.25) is 0 Å². The highest BCUT2D eigenvalue weighted by atomic mass is 32.1. The summed E-state index contributed by atoms with van der Waals surface area (Å²) in [4.78, 5) is 2.48. The molecule has 0 N–H and O–H groups in total. The molecule has 0 bridgehead atoms. The Labute approximate surface area is 89.3 Å².